The van der Waals surface area contributed by atoms with Crippen LogP contribution >= 0.6 is 0 Å². The van der Waals surface area contributed by atoms with Crippen molar-refractivity contribution in [2.75, 3.05) is 5.73 Å². The number of rotatable bonds is 4. The summed E-state index contributed by atoms with van der Waals surface area (Å²) in [6.45, 7) is 3.96. The van der Waals surface area contributed by atoms with E-state index in [9.17, 15) is 0 Å². The van der Waals surface area contributed by atoms with Crippen LogP contribution in [0.1, 0.15) is 30.3 Å². The highest BCUT2D eigenvalue weighted by atomic mass is 16.5. The molecule has 1 heterocycles. The van der Waals surface area contributed by atoms with E-state index in [1.807, 2.05) is 19.9 Å². The Bertz CT molecular complexity index is 661. The summed E-state index contributed by atoms with van der Waals surface area (Å²) in [7, 11) is 0. The van der Waals surface area contributed by atoms with Crippen LogP contribution in [0.5, 0.6) is 11.6 Å². The zero-order valence-corrected chi connectivity index (χ0v) is 11.6. The van der Waals surface area contributed by atoms with Crippen molar-refractivity contribution in [3.63, 3.8) is 0 Å². The highest BCUT2D eigenvalue weighted by Crippen LogP contribution is 2.25. The van der Waals surface area contributed by atoms with Crippen LogP contribution in [0, 0.1) is 18.3 Å². The van der Waals surface area contributed by atoms with Gasteiger partial charge in [-0.25, -0.2) is 4.98 Å². The molecule has 0 saturated heterocycles. The Morgan fingerprint density at radius 2 is 2.10 bits per heavy atom. The Morgan fingerprint density at radius 3 is 2.80 bits per heavy atom. The topological polar surface area (TPSA) is 84.8 Å². The lowest BCUT2D eigenvalue weighted by atomic mass is 10.1. The summed E-state index contributed by atoms with van der Waals surface area (Å²) in [6, 6.07) is 8.94. The summed E-state index contributed by atoms with van der Waals surface area (Å²) in [4.78, 5) is 8.47. The molecular weight excluding hydrogens is 252 g/mol. The van der Waals surface area contributed by atoms with Crippen LogP contribution in [-0.4, -0.2) is 9.97 Å². The number of nitriles is 1. The third-order valence-corrected chi connectivity index (χ3v) is 2.77. The van der Waals surface area contributed by atoms with Gasteiger partial charge in [-0.1, -0.05) is 13.0 Å². The van der Waals surface area contributed by atoms with Crippen molar-refractivity contribution in [3.05, 3.63) is 41.2 Å². The molecule has 0 fully saturated rings. The highest BCUT2D eigenvalue weighted by molar-refractivity contribution is 5.44. The van der Waals surface area contributed by atoms with Crippen LogP contribution < -0.4 is 10.5 Å². The Balaban J connectivity index is 2.32. The van der Waals surface area contributed by atoms with E-state index in [0.717, 1.165) is 18.4 Å². The third kappa shape index (κ3) is 3.23. The number of anilines is 1. The number of hydrogen-bond acceptors (Lipinski definition) is 5. The van der Waals surface area contributed by atoms with Crippen LogP contribution in [0.3, 0.4) is 0 Å². The van der Waals surface area contributed by atoms with Gasteiger partial charge in [-0.05, 0) is 31.0 Å². The molecule has 0 aliphatic rings. The van der Waals surface area contributed by atoms with Gasteiger partial charge in [0.15, 0.2) is 0 Å². The molecule has 0 bridgehead atoms. The number of nitrogen functional groups attached to an aromatic ring is 1. The zero-order chi connectivity index (χ0) is 14.5. The van der Waals surface area contributed by atoms with Crippen LogP contribution in [0.4, 0.5) is 5.82 Å². The molecule has 0 aliphatic carbocycles. The molecule has 1 aromatic carbocycles. The summed E-state index contributed by atoms with van der Waals surface area (Å²) < 4.78 is 5.74. The molecule has 5 heteroatoms. The summed E-state index contributed by atoms with van der Waals surface area (Å²) in [5, 5.41) is 8.93. The van der Waals surface area contributed by atoms with Gasteiger partial charge in [-0.2, -0.15) is 10.2 Å². The molecule has 2 N–H and O–H groups in total. The number of aromatic nitrogens is 2. The van der Waals surface area contributed by atoms with E-state index in [2.05, 4.69) is 16.0 Å². The van der Waals surface area contributed by atoms with Gasteiger partial charge in [0, 0.05) is 12.5 Å². The van der Waals surface area contributed by atoms with Crippen molar-refractivity contribution in [2.24, 2.45) is 0 Å². The molecule has 20 heavy (non-hydrogen) atoms. The van der Waals surface area contributed by atoms with Crippen molar-refractivity contribution < 1.29 is 4.74 Å². The molecule has 5 nitrogen and oxygen atoms in total. The van der Waals surface area contributed by atoms with E-state index in [-0.39, 0.29) is 0 Å². The lowest BCUT2D eigenvalue weighted by Crippen LogP contribution is -2.01. The molecule has 0 radical (unpaired) electrons. The second-order valence-corrected chi connectivity index (χ2v) is 4.49. The Labute approximate surface area is 118 Å². The first-order valence-corrected chi connectivity index (χ1v) is 6.44. The number of nitrogens with zero attached hydrogens (tertiary/aromatic N) is 3. The van der Waals surface area contributed by atoms with Gasteiger partial charge in [0.25, 0.3) is 0 Å². The monoisotopic (exact) mass is 268 g/mol. The number of ether oxygens (including phenoxy) is 1. The minimum atomic E-state index is 0.382. The summed E-state index contributed by atoms with van der Waals surface area (Å²) in [6.07, 6.45) is 1.68. The summed E-state index contributed by atoms with van der Waals surface area (Å²) >= 11 is 0. The fourth-order valence-corrected chi connectivity index (χ4v) is 1.77. The maximum absolute atomic E-state index is 8.93. The third-order valence-electron chi connectivity index (χ3n) is 2.77. The Kier molecular flexibility index (Phi) is 4.16. The first-order chi connectivity index (χ1) is 9.62. The lowest BCUT2D eigenvalue weighted by Gasteiger charge is -2.09. The molecular formula is C15H16N4O. The average Bonchev–Trinajstić information content (AvgIpc) is 2.41. The SMILES string of the molecule is CCCc1nc(N)cc(Oc2cc(C#N)ccc2C)n1. The molecule has 2 aromatic rings. The maximum Gasteiger partial charge on any atom is 0.224 e. The second kappa shape index (κ2) is 6.02. The first kappa shape index (κ1) is 13.8. The first-order valence-electron chi connectivity index (χ1n) is 6.44. The van der Waals surface area contributed by atoms with Crippen molar-refractivity contribution in [3.8, 4) is 17.7 Å². The molecule has 0 spiro atoms. The minimum Gasteiger partial charge on any atom is -0.439 e. The standard InChI is InChI=1S/C15H16N4O/c1-3-4-14-18-13(17)8-15(19-14)20-12-7-11(9-16)6-5-10(12)2/h5-8H,3-4H2,1-2H3,(H2,17,18,19). The Morgan fingerprint density at radius 1 is 1.30 bits per heavy atom. The Hall–Kier alpha value is -2.61. The van der Waals surface area contributed by atoms with Crippen molar-refractivity contribution >= 4 is 5.82 Å². The van der Waals surface area contributed by atoms with Crippen molar-refractivity contribution in [1.29, 1.82) is 5.26 Å². The van der Waals surface area contributed by atoms with Gasteiger partial charge in [0.2, 0.25) is 5.88 Å². The zero-order valence-electron chi connectivity index (χ0n) is 11.6. The summed E-state index contributed by atoms with van der Waals surface area (Å²) in [5.41, 5.74) is 7.23. The van der Waals surface area contributed by atoms with Crippen molar-refractivity contribution in [2.45, 2.75) is 26.7 Å². The number of aryl methyl sites for hydroxylation is 2. The van der Waals surface area contributed by atoms with Gasteiger partial charge in [-0.3, -0.25) is 0 Å². The molecule has 102 valence electrons. The lowest BCUT2D eigenvalue weighted by molar-refractivity contribution is 0.455. The van der Waals surface area contributed by atoms with Gasteiger partial charge in [0.1, 0.15) is 17.4 Å². The van der Waals surface area contributed by atoms with Crippen LogP contribution in [-0.2, 0) is 6.42 Å². The normalized spacial score (nSPS) is 10.1. The van der Waals surface area contributed by atoms with E-state index in [1.54, 1.807) is 18.2 Å². The van der Waals surface area contributed by atoms with Crippen LogP contribution in [0.25, 0.3) is 0 Å². The van der Waals surface area contributed by atoms with E-state index >= 15 is 0 Å². The summed E-state index contributed by atoms with van der Waals surface area (Å²) in [5.74, 6) is 2.05. The van der Waals surface area contributed by atoms with E-state index in [0.29, 0.717) is 28.8 Å². The van der Waals surface area contributed by atoms with Crippen LogP contribution in [0.15, 0.2) is 24.3 Å². The molecule has 0 saturated carbocycles. The highest BCUT2D eigenvalue weighted by Gasteiger charge is 2.07. The minimum absolute atomic E-state index is 0.382. The predicted molar refractivity (Wildman–Crippen MR) is 76.4 cm³/mol. The van der Waals surface area contributed by atoms with E-state index in [1.165, 1.54) is 0 Å². The number of nitrogens with two attached hydrogens (primary N) is 1. The van der Waals surface area contributed by atoms with Crippen LogP contribution in [0.2, 0.25) is 0 Å². The molecule has 2 rings (SSSR count). The van der Waals surface area contributed by atoms with Gasteiger partial charge >= 0.3 is 0 Å². The average molecular weight is 268 g/mol. The fraction of sp³-hybridized carbons (Fsp3) is 0.267. The fourth-order valence-electron chi connectivity index (χ4n) is 1.77. The quantitative estimate of drug-likeness (QED) is 0.921. The molecule has 1 aromatic heterocycles. The molecule has 0 atom stereocenters. The van der Waals surface area contributed by atoms with E-state index < -0.39 is 0 Å². The number of benzene rings is 1. The van der Waals surface area contributed by atoms with Gasteiger partial charge in [-0.15, -0.1) is 0 Å². The molecule has 0 unspecified atom stereocenters. The van der Waals surface area contributed by atoms with Gasteiger partial charge < -0.3 is 10.5 Å². The maximum atomic E-state index is 8.93. The second-order valence-electron chi connectivity index (χ2n) is 4.49. The smallest absolute Gasteiger partial charge is 0.224 e. The van der Waals surface area contributed by atoms with Gasteiger partial charge in [0.05, 0.1) is 11.6 Å². The largest absolute Gasteiger partial charge is 0.439 e. The van der Waals surface area contributed by atoms with E-state index in [4.69, 9.17) is 15.7 Å². The molecule has 0 amide bonds. The predicted octanol–water partition coefficient (Wildman–Crippen LogP) is 2.98. The number of hydrogen-bond donors (Lipinski definition) is 1. The molecule has 0 aliphatic heterocycles. The van der Waals surface area contributed by atoms with Crippen molar-refractivity contribution in [1.82, 2.24) is 9.97 Å².